The van der Waals surface area contributed by atoms with Crippen molar-refractivity contribution in [1.82, 2.24) is 4.90 Å². The van der Waals surface area contributed by atoms with Crippen LogP contribution in [0.4, 0.5) is 5.69 Å². The Balaban J connectivity index is 2.96. The lowest BCUT2D eigenvalue weighted by Crippen LogP contribution is -2.35. The van der Waals surface area contributed by atoms with E-state index in [0.717, 1.165) is 12.2 Å². The normalized spacial score (nSPS) is 12.0. The molecule has 1 rings (SSSR count). The van der Waals surface area contributed by atoms with Crippen LogP contribution >= 0.6 is 27.7 Å². The largest absolute Gasteiger partial charge is 0.339 e. The first-order valence-electron chi connectivity index (χ1n) is 6.08. The molecule has 0 saturated heterocycles. The van der Waals surface area contributed by atoms with Crippen LogP contribution < -0.4 is 0 Å². The van der Waals surface area contributed by atoms with E-state index in [4.69, 9.17) is 0 Å². The van der Waals surface area contributed by atoms with Crippen molar-refractivity contribution in [3.05, 3.63) is 38.3 Å². The van der Waals surface area contributed by atoms with Crippen LogP contribution in [0.1, 0.15) is 23.7 Å². The van der Waals surface area contributed by atoms with Crippen molar-refractivity contribution in [1.29, 1.82) is 0 Å². The van der Waals surface area contributed by atoms with Crippen molar-refractivity contribution in [2.45, 2.75) is 19.4 Å². The van der Waals surface area contributed by atoms with Gasteiger partial charge >= 0.3 is 0 Å². The Hall–Kier alpha value is -1.08. The molecule has 0 radical (unpaired) electrons. The number of carbonyl (C=O) groups is 1. The van der Waals surface area contributed by atoms with Crippen LogP contribution in [-0.2, 0) is 0 Å². The molecule has 0 fully saturated rings. The average Bonchev–Trinajstić information content (AvgIpc) is 2.43. The van der Waals surface area contributed by atoms with Gasteiger partial charge in [0.25, 0.3) is 11.6 Å². The van der Waals surface area contributed by atoms with Crippen molar-refractivity contribution in [2.24, 2.45) is 0 Å². The molecular formula is C13H17BrN2O3S. The molecule has 7 heteroatoms. The molecule has 110 valence electrons. The zero-order valence-electron chi connectivity index (χ0n) is 11.6. The Kier molecular flexibility index (Phi) is 6.48. The fourth-order valence-corrected chi connectivity index (χ4v) is 2.66. The van der Waals surface area contributed by atoms with Crippen LogP contribution in [0.25, 0.3) is 0 Å². The maximum Gasteiger partial charge on any atom is 0.270 e. The quantitative estimate of drug-likeness (QED) is 0.574. The molecule has 20 heavy (non-hydrogen) atoms. The Morgan fingerprint density at radius 3 is 2.75 bits per heavy atom. The van der Waals surface area contributed by atoms with Gasteiger partial charge in [0.05, 0.1) is 10.5 Å². The van der Waals surface area contributed by atoms with E-state index in [1.165, 1.54) is 18.2 Å². The number of carbonyl (C=O) groups excluding carboxylic acids is 1. The third-order valence-electron chi connectivity index (χ3n) is 3.11. The van der Waals surface area contributed by atoms with Crippen molar-refractivity contribution < 1.29 is 9.72 Å². The first-order chi connectivity index (χ1) is 9.38. The van der Waals surface area contributed by atoms with Crippen LogP contribution in [-0.4, -0.2) is 40.8 Å². The van der Waals surface area contributed by atoms with Crippen LogP contribution in [0, 0.1) is 10.1 Å². The van der Waals surface area contributed by atoms with Gasteiger partial charge in [0.15, 0.2) is 0 Å². The van der Waals surface area contributed by atoms with Crippen LogP contribution in [0.15, 0.2) is 22.7 Å². The number of nitro groups is 1. The van der Waals surface area contributed by atoms with Gasteiger partial charge in [-0.3, -0.25) is 14.9 Å². The molecule has 1 unspecified atom stereocenters. The van der Waals surface area contributed by atoms with Crippen molar-refractivity contribution in [2.75, 3.05) is 19.1 Å². The molecule has 0 bridgehead atoms. The predicted molar refractivity (Wildman–Crippen MR) is 85.4 cm³/mol. The lowest BCUT2D eigenvalue weighted by Gasteiger charge is -2.25. The van der Waals surface area contributed by atoms with Gasteiger partial charge in [-0.05, 0) is 47.3 Å². The number of halogens is 1. The topological polar surface area (TPSA) is 63.5 Å². The van der Waals surface area contributed by atoms with E-state index in [1.807, 2.05) is 13.2 Å². The summed E-state index contributed by atoms with van der Waals surface area (Å²) in [7, 11) is 1.72. The SMILES string of the molecule is CSCCC(C)N(C)C(=O)c1cc([N+](=O)[O-])ccc1Br. The minimum atomic E-state index is -0.500. The number of hydrogen-bond acceptors (Lipinski definition) is 4. The number of rotatable bonds is 6. The summed E-state index contributed by atoms with van der Waals surface area (Å²) in [5.41, 5.74) is 0.236. The summed E-state index contributed by atoms with van der Waals surface area (Å²) in [4.78, 5) is 24.3. The van der Waals surface area contributed by atoms with Gasteiger partial charge < -0.3 is 4.90 Å². The summed E-state index contributed by atoms with van der Waals surface area (Å²) in [5, 5.41) is 10.8. The summed E-state index contributed by atoms with van der Waals surface area (Å²) < 4.78 is 0.567. The molecule has 1 amide bonds. The number of nitro benzene ring substituents is 1. The second-order valence-electron chi connectivity index (χ2n) is 4.47. The number of thioether (sulfide) groups is 1. The van der Waals surface area contributed by atoms with Gasteiger partial charge in [-0.2, -0.15) is 11.8 Å². The number of nitrogens with zero attached hydrogens (tertiary/aromatic N) is 2. The van der Waals surface area contributed by atoms with Crippen molar-refractivity contribution in [3.63, 3.8) is 0 Å². The van der Waals surface area contributed by atoms with E-state index in [1.54, 1.807) is 23.7 Å². The van der Waals surface area contributed by atoms with Crippen molar-refractivity contribution >= 4 is 39.3 Å². The Morgan fingerprint density at radius 1 is 1.55 bits per heavy atom. The molecule has 0 aliphatic heterocycles. The monoisotopic (exact) mass is 360 g/mol. The standard InChI is InChI=1S/C13H17BrN2O3S/c1-9(6-7-20-3)15(2)13(17)11-8-10(16(18)19)4-5-12(11)14/h4-5,8-9H,6-7H2,1-3H3. The number of hydrogen-bond donors (Lipinski definition) is 0. The molecule has 0 spiro atoms. The van der Waals surface area contributed by atoms with E-state index in [2.05, 4.69) is 15.9 Å². The molecule has 0 heterocycles. The third kappa shape index (κ3) is 4.21. The summed E-state index contributed by atoms with van der Waals surface area (Å²) >= 11 is 5.00. The van der Waals surface area contributed by atoms with Gasteiger partial charge in [-0.15, -0.1) is 0 Å². The van der Waals surface area contributed by atoms with Gasteiger partial charge in [-0.1, -0.05) is 0 Å². The van der Waals surface area contributed by atoms with E-state index < -0.39 is 4.92 Å². The smallest absolute Gasteiger partial charge is 0.270 e. The molecule has 0 aromatic heterocycles. The number of benzene rings is 1. The van der Waals surface area contributed by atoms with Gasteiger partial charge in [0.1, 0.15) is 0 Å². The molecule has 1 aromatic rings. The maximum atomic E-state index is 12.4. The minimum absolute atomic E-state index is 0.0817. The lowest BCUT2D eigenvalue weighted by atomic mass is 10.1. The Bertz CT molecular complexity index is 510. The van der Waals surface area contributed by atoms with Gasteiger partial charge in [0, 0.05) is 29.7 Å². The highest BCUT2D eigenvalue weighted by Crippen LogP contribution is 2.24. The molecule has 0 aliphatic rings. The second kappa shape index (κ2) is 7.64. The van der Waals surface area contributed by atoms with Crippen LogP contribution in [0.2, 0.25) is 0 Å². The van der Waals surface area contributed by atoms with Crippen LogP contribution in [0.5, 0.6) is 0 Å². The first kappa shape index (κ1) is 17.0. The Labute approximate surface area is 131 Å². The first-order valence-corrected chi connectivity index (χ1v) is 8.27. The summed E-state index contributed by atoms with van der Waals surface area (Å²) in [6.45, 7) is 1.97. The fourth-order valence-electron chi connectivity index (χ4n) is 1.66. The highest BCUT2D eigenvalue weighted by atomic mass is 79.9. The zero-order valence-corrected chi connectivity index (χ0v) is 14.0. The average molecular weight is 361 g/mol. The maximum absolute atomic E-state index is 12.4. The predicted octanol–water partition coefficient (Wildman–Crippen LogP) is 3.57. The van der Waals surface area contributed by atoms with E-state index in [9.17, 15) is 14.9 Å². The van der Waals surface area contributed by atoms with E-state index in [0.29, 0.717) is 10.0 Å². The third-order valence-corrected chi connectivity index (χ3v) is 4.45. The molecular weight excluding hydrogens is 344 g/mol. The van der Waals surface area contributed by atoms with Crippen molar-refractivity contribution in [3.8, 4) is 0 Å². The minimum Gasteiger partial charge on any atom is -0.339 e. The molecule has 0 N–H and O–H groups in total. The molecule has 5 nitrogen and oxygen atoms in total. The highest BCUT2D eigenvalue weighted by Gasteiger charge is 2.21. The van der Waals surface area contributed by atoms with E-state index in [-0.39, 0.29) is 17.6 Å². The lowest BCUT2D eigenvalue weighted by molar-refractivity contribution is -0.384. The van der Waals surface area contributed by atoms with Gasteiger partial charge in [0.2, 0.25) is 0 Å². The fraction of sp³-hybridized carbons (Fsp3) is 0.462. The summed E-state index contributed by atoms with van der Waals surface area (Å²) in [6, 6.07) is 4.30. The summed E-state index contributed by atoms with van der Waals surface area (Å²) in [5.74, 6) is 0.753. The molecule has 0 saturated carbocycles. The van der Waals surface area contributed by atoms with Crippen LogP contribution in [0.3, 0.4) is 0 Å². The summed E-state index contributed by atoms with van der Waals surface area (Å²) in [6.07, 6.45) is 2.90. The highest BCUT2D eigenvalue weighted by molar-refractivity contribution is 9.10. The zero-order chi connectivity index (χ0) is 15.3. The number of amides is 1. The Morgan fingerprint density at radius 2 is 2.20 bits per heavy atom. The molecule has 0 aliphatic carbocycles. The second-order valence-corrected chi connectivity index (χ2v) is 6.31. The molecule has 1 aromatic carbocycles. The van der Waals surface area contributed by atoms with E-state index >= 15 is 0 Å². The van der Waals surface area contributed by atoms with Gasteiger partial charge in [-0.25, -0.2) is 0 Å². The number of non-ortho nitro benzene ring substituents is 1. The molecule has 1 atom stereocenters.